The molecule has 1 aromatic heterocycles. The molecule has 0 aliphatic rings. The summed E-state index contributed by atoms with van der Waals surface area (Å²) in [5.74, 6) is 0. The number of aryl methyl sites for hydroxylation is 1. The Morgan fingerprint density at radius 3 is 2.69 bits per heavy atom. The Morgan fingerprint density at radius 1 is 1.38 bits per heavy atom. The Bertz CT molecular complexity index is 509. The van der Waals surface area contributed by atoms with Gasteiger partial charge in [-0.25, -0.2) is 0 Å². The molecule has 1 atom stereocenters. The highest BCUT2D eigenvalue weighted by Crippen LogP contribution is 2.30. The van der Waals surface area contributed by atoms with Crippen molar-refractivity contribution in [2.24, 2.45) is 5.73 Å². The molecule has 1 aromatic carbocycles. The summed E-state index contributed by atoms with van der Waals surface area (Å²) in [5, 5.41) is 2.83. The Labute approximate surface area is 118 Å². The first kappa shape index (κ1) is 12.4. The van der Waals surface area contributed by atoms with E-state index in [1.54, 1.807) is 11.3 Å². The van der Waals surface area contributed by atoms with Crippen molar-refractivity contribution in [2.75, 3.05) is 0 Å². The molecule has 84 valence electrons. The molecule has 0 aliphatic carbocycles. The first-order chi connectivity index (χ1) is 7.59. The third kappa shape index (κ3) is 2.42. The van der Waals surface area contributed by atoms with E-state index in [4.69, 9.17) is 17.3 Å². The molecule has 0 saturated heterocycles. The Hall–Kier alpha value is -0.100. The molecule has 1 unspecified atom stereocenters. The van der Waals surface area contributed by atoms with Crippen molar-refractivity contribution in [3.05, 3.63) is 54.2 Å². The Morgan fingerprint density at radius 2 is 2.12 bits per heavy atom. The largest absolute Gasteiger partial charge is 0.320 e. The van der Waals surface area contributed by atoms with Crippen LogP contribution in [-0.2, 0) is 0 Å². The lowest BCUT2D eigenvalue weighted by Crippen LogP contribution is -2.11. The van der Waals surface area contributed by atoms with Gasteiger partial charge in [-0.1, -0.05) is 17.7 Å². The van der Waals surface area contributed by atoms with Gasteiger partial charge in [0.05, 0.1) is 11.1 Å². The molecule has 0 radical (unpaired) electrons. The number of hydrogen-bond donors (Lipinski definition) is 1. The number of nitrogens with two attached hydrogens (primary N) is 1. The molecule has 1 heterocycles. The minimum atomic E-state index is -0.0745. The van der Waals surface area contributed by atoms with Crippen LogP contribution >= 0.6 is 45.5 Å². The second-order valence-electron chi connectivity index (χ2n) is 3.62. The lowest BCUT2D eigenvalue weighted by Gasteiger charge is -2.12. The van der Waals surface area contributed by atoms with Crippen molar-refractivity contribution in [3.63, 3.8) is 0 Å². The van der Waals surface area contributed by atoms with Crippen molar-refractivity contribution in [1.82, 2.24) is 0 Å². The maximum absolute atomic E-state index is 6.23. The molecule has 0 bridgehead atoms. The highest BCUT2D eigenvalue weighted by Gasteiger charge is 2.13. The second-order valence-corrected chi connectivity index (χ2v) is 6.14. The van der Waals surface area contributed by atoms with Gasteiger partial charge in [0.25, 0.3) is 0 Å². The van der Waals surface area contributed by atoms with Crippen LogP contribution < -0.4 is 5.73 Å². The summed E-state index contributed by atoms with van der Waals surface area (Å²) in [6.07, 6.45) is 0. The minimum Gasteiger partial charge on any atom is -0.320 e. The highest BCUT2D eigenvalue weighted by atomic mass is 127. The molecule has 1 nitrogen and oxygen atoms in total. The van der Waals surface area contributed by atoms with Crippen molar-refractivity contribution in [3.8, 4) is 0 Å². The van der Waals surface area contributed by atoms with E-state index in [9.17, 15) is 0 Å². The minimum absolute atomic E-state index is 0.0745. The van der Waals surface area contributed by atoms with Gasteiger partial charge < -0.3 is 5.73 Å². The summed E-state index contributed by atoms with van der Waals surface area (Å²) < 4.78 is 1.05. The van der Waals surface area contributed by atoms with Crippen molar-refractivity contribution < 1.29 is 0 Å². The lowest BCUT2D eigenvalue weighted by atomic mass is 10.0. The van der Waals surface area contributed by atoms with Crippen LogP contribution in [0.4, 0.5) is 0 Å². The van der Waals surface area contributed by atoms with E-state index in [2.05, 4.69) is 41.0 Å². The zero-order valence-electron chi connectivity index (χ0n) is 8.71. The molecule has 4 heteroatoms. The van der Waals surface area contributed by atoms with Crippen LogP contribution in [0.2, 0.25) is 5.02 Å². The van der Waals surface area contributed by atoms with Gasteiger partial charge >= 0.3 is 0 Å². The summed E-state index contributed by atoms with van der Waals surface area (Å²) in [4.78, 5) is 1.21. The third-order valence-corrected chi connectivity index (χ3v) is 5.16. The predicted molar refractivity (Wildman–Crippen MR) is 79.3 cm³/mol. The summed E-state index contributed by atoms with van der Waals surface area (Å²) in [6, 6.07) is 8.01. The predicted octanol–water partition coefficient (Wildman–Crippen LogP) is 4.36. The quantitative estimate of drug-likeness (QED) is 0.788. The van der Waals surface area contributed by atoms with E-state index < -0.39 is 0 Å². The van der Waals surface area contributed by atoms with Crippen molar-refractivity contribution in [1.29, 1.82) is 0 Å². The van der Waals surface area contributed by atoms with Crippen LogP contribution in [0.5, 0.6) is 0 Å². The fourth-order valence-electron chi connectivity index (χ4n) is 1.56. The van der Waals surface area contributed by atoms with Crippen LogP contribution in [-0.4, -0.2) is 0 Å². The van der Waals surface area contributed by atoms with Crippen molar-refractivity contribution >= 4 is 45.5 Å². The molecule has 0 amide bonds. The fourth-order valence-corrected chi connectivity index (χ4v) is 3.04. The topological polar surface area (TPSA) is 26.0 Å². The van der Waals surface area contributed by atoms with Gasteiger partial charge in [0.2, 0.25) is 0 Å². The third-order valence-electron chi connectivity index (χ3n) is 2.49. The van der Waals surface area contributed by atoms with E-state index in [0.717, 1.165) is 14.2 Å². The molecule has 16 heavy (non-hydrogen) atoms. The molecule has 0 fully saturated rings. The maximum Gasteiger partial charge on any atom is 0.0649 e. The van der Waals surface area contributed by atoms with Crippen LogP contribution in [0.3, 0.4) is 0 Å². The SMILES string of the molecule is Cc1ccsc1C(N)c1ccc(I)c(Cl)c1. The molecular weight excluding hydrogens is 353 g/mol. The van der Waals surface area contributed by atoms with E-state index in [0.29, 0.717) is 0 Å². The zero-order valence-corrected chi connectivity index (χ0v) is 12.4. The average Bonchev–Trinajstić information content (AvgIpc) is 2.67. The lowest BCUT2D eigenvalue weighted by molar-refractivity contribution is 0.885. The zero-order chi connectivity index (χ0) is 11.7. The molecule has 0 aliphatic heterocycles. The summed E-state index contributed by atoms with van der Waals surface area (Å²) in [5.41, 5.74) is 8.54. The van der Waals surface area contributed by atoms with Crippen LogP contribution in [0.25, 0.3) is 0 Å². The summed E-state index contributed by atoms with van der Waals surface area (Å²) in [6.45, 7) is 2.08. The molecule has 2 aromatic rings. The van der Waals surface area contributed by atoms with Gasteiger partial charge in [0.1, 0.15) is 0 Å². The van der Waals surface area contributed by atoms with E-state index in [-0.39, 0.29) is 6.04 Å². The number of hydrogen-bond acceptors (Lipinski definition) is 2. The van der Waals surface area contributed by atoms with E-state index in [1.807, 2.05) is 18.2 Å². The number of halogens is 2. The average molecular weight is 364 g/mol. The van der Waals surface area contributed by atoms with Crippen LogP contribution in [0, 0.1) is 10.5 Å². The van der Waals surface area contributed by atoms with Gasteiger partial charge in [-0.15, -0.1) is 11.3 Å². The van der Waals surface area contributed by atoms with E-state index >= 15 is 0 Å². The molecule has 2 rings (SSSR count). The maximum atomic E-state index is 6.23. The number of rotatable bonds is 2. The fraction of sp³-hybridized carbons (Fsp3) is 0.167. The molecule has 0 spiro atoms. The first-order valence-electron chi connectivity index (χ1n) is 4.84. The number of thiophene rings is 1. The summed E-state index contributed by atoms with van der Waals surface area (Å²) >= 11 is 10.0. The van der Waals surface area contributed by atoms with Gasteiger partial charge in [-0.3, -0.25) is 0 Å². The van der Waals surface area contributed by atoms with Gasteiger partial charge in [0, 0.05) is 8.45 Å². The standard InChI is InChI=1S/C12H11ClINS/c1-7-4-5-16-12(7)11(15)8-2-3-10(14)9(13)6-8/h2-6,11H,15H2,1H3. The molecular formula is C12H11ClINS. The van der Waals surface area contributed by atoms with Gasteiger partial charge in [-0.05, 0) is 64.2 Å². The molecule has 0 saturated carbocycles. The summed E-state index contributed by atoms with van der Waals surface area (Å²) in [7, 11) is 0. The van der Waals surface area contributed by atoms with Crippen LogP contribution in [0.1, 0.15) is 22.0 Å². The van der Waals surface area contributed by atoms with Crippen LogP contribution in [0.15, 0.2) is 29.6 Å². The molecule has 2 N–H and O–H groups in total. The normalized spacial score (nSPS) is 12.8. The van der Waals surface area contributed by atoms with E-state index in [1.165, 1.54) is 10.4 Å². The highest BCUT2D eigenvalue weighted by molar-refractivity contribution is 14.1. The van der Waals surface area contributed by atoms with Gasteiger partial charge in [0.15, 0.2) is 0 Å². The Kier molecular flexibility index (Phi) is 3.89. The Balaban J connectivity index is 2.38. The monoisotopic (exact) mass is 363 g/mol. The smallest absolute Gasteiger partial charge is 0.0649 e. The first-order valence-corrected chi connectivity index (χ1v) is 7.17. The second kappa shape index (κ2) is 5.04. The van der Waals surface area contributed by atoms with Crippen molar-refractivity contribution in [2.45, 2.75) is 13.0 Å². The van der Waals surface area contributed by atoms with Gasteiger partial charge in [-0.2, -0.15) is 0 Å². The number of benzene rings is 1.